The zero-order chi connectivity index (χ0) is 17.4. The second kappa shape index (κ2) is 6.51. The number of carbonyl (C=O) groups excluding carboxylic acids is 1. The Bertz CT molecular complexity index is 763. The number of nitrogens with zero attached hydrogens (tertiary/aromatic N) is 3. The van der Waals surface area contributed by atoms with E-state index in [4.69, 9.17) is 0 Å². The van der Waals surface area contributed by atoms with E-state index < -0.39 is 0 Å². The van der Waals surface area contributed by atoms with E-state index in [0.29, 0.717) is 11.7 Å². The Morgan fingerprint density at radius 3 is 2.56 bits per heavy atom. The molecule has 0 bridgehead atoms. The second-order valence-electron chi connectivity index (χ2n) is 7.43. The molecule has 0 aliphatic carbocycles. The fourth-order valence-electron chi connectivity index (χ4n) is 3.99. The molecule has 0 N–H and O–H groups in total. The summed E-state index contributed by atoms with van der Waals surface area (Å²) in [6.07, 6.45) is 5.07. The van der Waals surface area contributed by atoms with Crippen LogP contribution in [0.15, 0.2) is 42.6 Å². The standard InChI is InChI=1S/C21H25N3O/c1-15-9-11-23(12-10-15)21(25)19-8-7-18(14-22-19)24-16(2)13-17-5-3-4-6-20(17)24/h3-8,14-16H,9-13H2,1-2H3. The third-order valence-electron chi connectivity index (χ3n) is 5.52. The highest BCUT2D eigenvalue weighted by Crippen LogP contribution is 2.37. The van der Waals surface area contributed by atoms with Crippen LogP contribution in [0.25, 0.3) is 0 Å². The first-order valence-corrected chi connectivity index (χ1v) is 9.26. The third-order valence-corrected chi connectivity index (χ3v) is 5.52. The third kappa shape index (κ3) is 3.01. The Hall–Kier alpha value is -2.36. The van der Waals surface area contributed by atoms with Gasteiger partial charge in [0.15, 0.2) is 0 Å². The van der Waals surface area contributed by atoms with Crippen LogP contribution in [0.5, 0.6) is 0 Å². The summed E-state index contributed by atoms with van der Waals surface area (Å²) in [4.78, 5) is 21.4. The second-order valence-corrected chi connectivity index (χ2v) is 7.43. The number of piperidine rings is 1. The first-order chi connectivity index (χ1) is 12.1. The fraction of sp³-hybridized carbons (Fsp3) is 0.429. The lowest BCUT2D eigenvalue weighted by Crippen LogP contribution is -2.38. The van der Waals surface area contributed by atoms with Gasteiger partial charge in [0.05, 0.1) is 11.9 Å². The van der Waals surface area contributed by atoms with Gasteiger partial charge in [-0.15, -0.1) is 0 Å². The van der Waals surface area contributed by atoms with Gasteiger partial charge < -0.3 is 9.80 Å². The summed E-state index contributed by atoms with van der Waals surface area (Å²) in [7, 11) is 0. The normalized spacial score (nSPS) is 20.6. The SMILES string of the molecule is CC1CCN(C(=O)c2ccc(N3c4ccccc4CC3C)cn2)CC1. The van der Waals surface area contributed by atoms with E-state index in [1.165, 1.54) is 11.3 Å². The van der Waals surface area contributed by atoms with Crippen molar-refractivity contribution in [3.63, 3.8) is 0 Å². The van der Waals surface area contributed by atoms with Crippen molar-refractivity contribution >= 4 is 17.3 Å². The van der Waals surface area contributed by atoms with Crippen LogP contribution < -0.4 is 4.90 Å². The molecule has 1 saturated heterocycles. The number of rotatable bonds is 2. The van der Waals surface area contributed by atoms with Gasteiger partial charge in [0.1, 0.15) is 5.69 Å². The predicted octanol–water partition coefficient (Wildman–Crippen LogP) is 4.04. The number of hydrogen-bond donors (Lipinski definition) is 0. The van der Waals surface area contributed by atoms with Gasteiger partial charge in [0.2, 0.25) is 0 Å². The maximum Gasteiger partial charge on any atom is 0.272 e. The number of para-hydroxylation sites is 1. The summed E-state index contributed by atoms with van der Waals surface area (Å²) >= 11 is 0. The van der Waals surface area contributed by atoms with Crippen LogP contribution in [-0.4, -0.2) is 34.9 Å². The molecule has 4 nitrogen and oxygen atoms in total. The minimum atomic E-state index is 0.0633. The molecule has 3 heterocycles. The molecule has 4 rings (SSSR count). The average Bonchev–Trinajstić information content (AvgIpc) is 2.97. The van der Waals surface area contributed by atoms with Gasteiger partial charge >= 0.3 is 0 Å². The Kier molecular flexibility index (Phi) is 4.20. The van der Waals surface area contributed by atoms with Crippen LogP contribution in [0.3, 0.4) is 0 Å². The number of fused-ring (bicyclic) bond motifs is 1. The van der Waals surface area contributed by atoms with Gasteiger partial charge in [-0.3, -0.25) is 4.79 Å². The Balaban J connectivity index is 1.54. The maximum absolute atomic E-state index is 12.7. The number of anilines is 2. The van der Waals surface area contributed by atoms with Gasteiger partial charge in [0.25, 0.3) is 5.91 Å². The molecule has 0 radical (unpaired) electrons. The largest absolute Gasteiger partial charge is 0.337 e. The van der Waals surface area contributed by atoms with Crippen LogP contribution in [0.2, 0.25) is 0 Å². The fourth-order valence-corrected chi connectivity index (χ4v) is 3.99. The van der Waals surface area contributed by atoms with E-state index in [9.17, 15) is 4.79 Å². The van der Waals surface area contributed by atoms with Crippen LogP contribution in [-0.2, 0) is 6.42 Å². The molecule has 1 atom stereocenters. The van der Waals surface area contributed by atoms with Crippen LogP contribution in [0.1, 0.15) is 42.7 Å². The highest BCUT2D eigenvalue weighted by Gasteiger charge is 2.27. The average molecular weight is 335 g/mol. The van der Waals surface area contributed by atoms with E-state index in [-0.39, 0.29) is 5.91 Å². The van der Waals surface area contributed by atoms with Gasteiger partial charge in [0, 0.05) is 24.8 Å². The van der Waals surface area contributed by atoms with Crippen molar-refractivity contribution in [3.05, 3.63) is 53.9 Å². The molecule has 1 aromatic heterocycles. The van der Waals surface area contributed by atoms with Crippen LogP contribution in [0, 0.1) is 5.92 Å². The van der Waals surface area contributed by atoms with Crippen molar-refractivity contribution < 1.29 is 4.79 Å². The number of aromatic nitrogens is 1. The molecule has 4 heteroatoms. The number of likely N-dealkylation sites (tertiary alicyclic amines) is 1. The highest BCUT2D eigenvalue weighted by atomic mass is 16.2. The molecule has 1 fully saturated rings. The van der Waals surface area contributed by atoms with Crippen molar-refractivity contribution in [2.24, 2.45) is 5.92 Å². The van der Waals surface area contributed by atoms with Crippen molar-refractivity contribution in [1.82, 2.24) is 9.88 Å². The van der Waals surface area contributed by atoms with Gasteiger partial charge in [-0.25, -0.2) is 4.98 Å². The Morgan fingerprint density at radius 2 is 1.84 bits per heavy atom. The van der Waals surface area contributed by atoms with E-state index in [1.807, 2.05) is 23.2 Å². The maximum atomic E-state index is 12.7. The summed E-state index contributed by atoms with van der Waals surface area (Å²) in [5, 5.41) is 0. The van der Waals surface area contributed by atoms with Crippen molar-refractivity contribution in [2.45, 2.75) is 39.2 Å². The van der Waals surface area contributed by atoms with Crippen molar-refractivity contribution in [1.29, 1.82) is 0 Å². The summed E-state index contributed by atoms with van der Waals surface area (Å²) in [6, 6.07) is 12.8. The first-order valence-electron chi connectivity index (χ1n) is 9.26. The Labute approximate surface area is 149 Å². The smallest absolute Gasteiger partial charge is 0.272 e. The quantitative estimate of drug-likeness (QED) is 0.831. The zero-order valence-electron chi connectivity index (χ0n) is 15.0. The van der Waals surface area contributed by atoms with E-state index in [2.05, 4.69) is 48.0 Å². The summed E-state index contributed by atoms with van der Waals surface area (Å²) in [6.45, 7) is 6.18. The van der Waals surface area contributed by atoms with Crippen molar-refractivity contribution in [2.75, 3.05) is 18.0 Å². The number of benzene rings is 1. The molecular weight excluding hydrogens is 310 g/mol. The van der Waals surface area contributed by atoms with Crippen molar-refractivity contribution in [3.8, 4) is 0 Å². The molecule has 130 valence electrons. The zero-order valence-corrected chi connectivity index (χ0v) is 15.0. The van der Waals surface area contributed by atoms with Gasteiger partial charge in [-0.05, 0) is 55.9 Å². The first kappa shape index (κ1) is 16.1. The molecule has 0 spiro atoms. The summed E-state index contributed by atoms with van der Waals surface area (Å²) in [5.74, 6) is 0.782. The minimum absolute atomic E-state index is 0.0633. The monoisotopic (exact) mass is 335 g/mol. The van der Waals surface area contributed by atoms with Gasteiger partial charge in [-0.2, -0.15) is 0 Å². The van der Waals surface area contributed by atoms with Crippen LogP contribution in [0.4, 0.5) is 11.4 Å². The molecule has 1 amide bonds. The molecule has 2 aliphatic rings. The minimum Gasteiger partial charge on any atom is -0.337 e. The van der Waals surface area contributed by atoms with E-state index in [1.54, 1.807) is 0 Å². The van der Waals surface area contributed by atoms with Crippen LogP contribution >= 0.6 is 0 Å². The summed E-state index contributed by atoms with van der Waals surface area (Å²) in [5.41, 5.74) is 4.23. The van der Waals surface area contributed by atoms with Gasteiger partial charge in [-0.1, -0.05) is 25.1 Å². The highest BCUT2D eigenvalue weighted by molar-refractivity contribution is 5.92. The summed E-state index contributed by atoms with van der Waals surface area (Å²) < 4.78 is 0. The molecule has 2 aromatic rings. The number of hydrogen-bond acceptors (Lipinski definition) is 3. The number of amides is 1. The molecule has 1 unspecified atom stereocenters. The molecule has 0 saturated carbocycles. The van der Waals surface area contributed by atoms with E-state index in [0.717, 1.165) is 44.0 Å². The topological polar surface area (TPSA) is 36.4 Å². The lowest BCUT2D eigenvalue weighted by molar-refractivity contribution is 0.0691. The molecular formula is C21H25N3O. The number of pyridine rings is 1. The lowest BCUT2D eigenvalue weighted by atomic mass is 9.99. The molecule has 2 aliphatic heterocycles. The molecule has 25 heavy (non-hydrogen) atoms. The molecule has 1 aromatic carbocycles. The predicted molar refractivity (Wildman–Crippen MR) is 100 cm³/mol. The lowest BCUT2D eigenvalue weighted by Gasteiger charge is -2.30. The number of carbonyl (C=O) groups is 1. The van der Waals surface area contributed by atoms with E-state index >= 15 is 0 Å². The Morgan fingerprint density at radius 1 is 1.08 bits per heavy atom.